The molecule has 3 N–H and O–H groups in total. The number of aryl methyl sites for hydroxylation is 2. The summed E-state index contributed by atoms with van der Waals surface area (Å²) in [4.78, 5) is 40.6. The number of hydrogen-bond acceptors (Lipinski definition) is 6. The lowest BCUT2D eigenvalue weighted by Gasteiger charge is -2.24. The summed E-state index contributed by atoms with van der Waals surface area (Å²) in [6, 6.07) is 10.3. The summed E-state index contributed by atoms with van der Waals surface area (Å²) in [6.07, 6.45) is 4.79. The normalized spacial score (nSPS) is 14.8. The van der Waals surface area contributed by atoms with E-state index in [1.54, 1.807) is 48.8 Å². The molecule has 0 radical (unpaired) electrons. The fraction of sp³-hybridized carbons (Fsp3) is 0.304. The Morgan fingerprint density at radius 1 is 1.06 bits per heavy atom. The first kappa shape index (κ1) is 22.1. The zero-order valence-corrected chi connectivity index (χ0v) is 18.2. The van der Waals surface area contributed by atoms with E-state index in [0.717, 1.165) is 36.6 Å². The molecule has 1 aliphatic rings. The maximum Gasteiger partial charge on any atom is 0.309 e. The maximum absolute atomic E-state index is 12.3. The molecule has 0 aliphatic carbocycles. The van der Waals surface area contributed by atoms with E-state index in [1.807, 2.05) is 6.92 Å². The molecule has 0 spiro atoms. The summed E-state index contributed by atoms with van der Waals surface area (Å²) < 4.78 is 2.06. The van der Waals surface area contributed by atoms with E-state index in [-0.39, 0.29) is 18.4 Å². The number of aromatic nitrogens is 4. The number of carbonyl (C=O) groups excluding carboxylic acids is 3. The summed E-state index contributed by atoms with van der Waals surface area (Å²) in [5.41, 5.74) is 1.84. The highest BCUT2D eigenvalue weighted by molar-refractivity contribution is 6.35. The van der Waals surface area contributed by atoms with Crippen LogP contribution in [0.3, 0.4) is 0 Å². The SMILES string of the molecule is Cc1nnc2n1CC(CNC(=O)C(=O)NCc1cccc(NC(=O)c3ccncc3)c1)CC2. The Hall–Kier alpha value is -4.08. The fourth-order valence-electron chi connectivity index (χ4n) is 3.74. The van der Waals surface area contributed by atoms with Crippen LogP contribution in [0.25, 0.3) is 0 Å². The van der Waals surface area contributed by atoms with Gasteiger partial charge >= 0.3 is 11.8 Å². The second-order valence-electron chi connectivity index (χ2n) is 7.96. The zero-order valence-electron chi connectivity index (χ0n) is 18.2. The van der Waals surface area contributed by atoms with Crippen LogP contribution in [0, 0.1) is 12.8 Å². The largest absolute Gasteiger partial charge is 0.347 e. The number of rotatable bonds is 6. The van der Waals surface area contributed by atoms with E-state index in [1.165, 1.54) is 0 Å². The lowest BCUT2D eigenvalue weighted by atomic mass is 9.99. The molecule has 1 atom stereocenters. The zero-order chi connectivity index (χ0) is 23.2. The third-order valence-electron chi connectivity index (χ3n) is 5.57. The monoisotopic (exact) mass is 447 g/mol. The van der Waals surface area contributed by atoms with Crippen LogP contribution in [0.1, 0.15) is 34.0 Å². The molecule has 3 heterocycles. The number of pyridine rings is 1. The van der Waals surface area contributed by atoms with Gasteiger partial charge in [0.25, 0.3) is 5.91 Å². The topological polar surface area (TPSA) is 131 Å². The molecule has 3 amide bonds. The van der Waals surface area contributed by atoms with Crippen molar-refractivity contribution >= 4 is 23.4 Å². The van der Waals surface area contributed by atoms with Gasteiger partial charge in [-0.05, 0) is 49.1 Å². The van der Waals surface area contributed by atoms with Crippen LogP contribution >= 0.6 is 0 Å². The smallest absolute Gasteiger partial charge is 0.309 e. The van der Waals surface area contributed by atoms with Crippen LogP contribution in [0.2, 0.25) is 0 Å². The molecule has 4 rings (SSSR count). The molecule has 3 aromatic rings. The summed E-state index contributed by atoms with van der Waals surface area (Å²) in [6.45, 7) is 3.22. The Morgan fingerprint density at radius 3 is 2.67 bits per heavy atom. The van der Waals surface area contributed by atoms with E-state index in [4.69, 9.17) is 0 Å². The van der Waals surface area contributed by atoms with E-state index in [9.17, 15) is 14.4 Å². The van der Waals surface area contributed by atoms with Gasteiger partial charge in [-0.25, -0.2) is 0 Å². The highest BCUT2D eigenvalue weighted by Crippen LogP contribution is 2.19. The number of benzene rings is 1. The molecule has 0 saturated carbocycles. The summed E-state index contributed by atoms with van der Waals surface area (Å²) in [5, 5.41) is 16.4. The summed E-state index contributed by atoms with van der Waals surface area (Å²) in [7, 11) is 0. The van der Waals surface area contributed by atoms with E-state index in [2.05, 4.69) is 35.7 Å². The second-order valence-corrected chi connectivity index (χ2v) is 7.96. The first-order chi connectivity index (χ1) is 16.0. The van der Waals surface area contributed by atoms with E-state index < -0.39 is 11.8 Å². The Labute approximate surface area is 190 Å². The number of nitrogens with one attached hydrogen (secondary N) is 3. The van der Waals surface area contributed by atoms with E-state index in [0.29, 0.717) is 17.8 Å². The molecule has 1 aliphatic heterocycles. The number of fused-ring (bicyclic) bond motifs is 1. The van der Waals surface area contributed by atoms with Gasteiger partial charge in [0.1, 0.15) is 11.6 Å². The van der Waals surface area contributed by atoms with Crippen molar-refractivity contribution in [3.63, 3.8) is 0 Å². The lowest BCUT2D eigenvalue weighted by Crippen LogP contribution is -2.42. The molecule has 0 bridgehead atoms. The Balaban J connectivity index is 1.24. The first-order valence-corrected chi connectivity index (χ1v) is 10.7. The molecule has 0 saturated heterocycles. The predicted octanol–water partition coefficient (Wildman–Crippen LogP) is 1.23. The van der Waals surface area contributed by atoms with Crippen molar-refractivity contribution in [1.82, 2.24) is 30.4 Å². The van der Waals surface area contributed by atoms with Gasteiger partial charge in [-0.2, -0.15) is 0 Å². The minimum absolute atomic E-state index is 0.165. The van der Waals surface area contributed by atoms with Gasteiger partial charge in [-0.1, -0.05) is 12.1 Å². The molecule has 1 aromatic carbocycles. The third-order valence-corrected chi connectivity index (χ3v) is 5.57. The van der Waals surface area contributed by atoms with Gasteiger partial charge in [0.05, 0.1) is 0 Å². The van der Waals surface area contributed by atoms with Gasteiger partial charge in [0, 0.05) is 49.7 Å². The minimum atomic E-state index is -0.696. The molecule has 0 fully saturated rings. The van der Waals surface area contributed by atoms with Gasteiger partial charge in [-0.15, -0.1) is 10.2 Å². The quantitative estimate of drug-likeness (QED) is 0.487. The van der Waals surface area contributed by atoms with Crippen molar-refractivity contribution in [2.75, 3.05) is 11.9 Å². The highest BCUT2D eigenvalue weighted by atomic mass is 16.2. The van der Waals surface area contributed by atoms with Crippen molar-refractivity contribution in [2.24, 2.45) is 5.92 Å². The lowest BCUT2D eigenvalue weighted by molar-refractivity contribution is -0.139. The molecular weight excluding hydrogens is 422 g/mol. The summed E-state index contributed by atoms with van der Waals surface area (Å²) >= 11 is 0. The van der Waals surface area contributed by atoms with Gasteiger partial charge in [0.15, 0.2) is 0 Å². The number of anilines is 1. The molecule has 170 valence electrons. The molecule has 10 nitrogen and oxygen atoms in total. The van der Waals surface area contributed by atoms with Gasteiger partial charge in [-0.3, -0.25) is 19.4 Å². The van der Waals surface area contributed by atoms with Gasteiger partial charge in [0.2, 0.25) is 0 Å². The third kappa shape index (κ3) is 5.59. The standard InChI is InChI=1S/C23H25N7O3/c1-15-28-29-20-6-5-17(14-30(15)20)13-26-23(33)22(32)25-12-16-3-2-4-19(11-16)27-21(31)18-7-9-24-10-8-18/h2-4,7-11,17H,5-6,12-14H2,1H3,(H,25,32)(H,26,33)(H,27,31). The Bertz CT molecular complexity index is 1160. The summed E-state index contributed by atoms with van der Waals surface area (Å²) in [5.74, 6) is 0.436. The van der Waals surface area contributed by atoms with Crippen LogP contribution < -0.4 is 16.0 Å². The first-order valence-electron chi connectivity index (χ1n) is 10.7. The second kappa shape index (κ2) is 10.0. The number of amides is 3. The average molecular weight is 447 g/mol. The van der Waals surface area contributed by atoms with Crippen LogP contribution in [-0.2, 0) is 29.1 Å². The number of hydrogen-bond donors (Lipinski definition) is 3. The molecule has 2 aromatic heterocycles. The fourth-order valence-corrected chi connectivity index (χ4v) is 3.74. The van der Waals surface area contributed by atoms with E-state index >= 15 is 0 Å². The average Bonchev–Trinajstić information content (AvgIpc) is 3.21. The van der Waals surface area contributed by atoms with Crippen molar-refractivity contribution < 1.29 is 14.4 Å². The van der Waals surface area contributed by atoms with Gasteiger partial charge < -0.3 is 20.5 Å². The maximum atomic E-state index is 12.3. The van der Waals surface area contributed by atoms with Crippen molar-refractivity contribution in [3.05, 3.63) is 71.6 Å². The molecular formula is C23H25N7O3. The highest BCUT2D eigenvalue weighted by Gasteiger charge is 2.23. The molecule has 33 heavy (non-hydrogen) atoms. The Kier molecular flexibility index (Phi) is 6.72. The van der Waals surface area contributed by atoms with Crippen molar-refractivity contribution in [1.29, 1.82) is 0 Å². The minimum Gasteiger partial charge on any atom is -0.347 e. The van der Waals surface area contributed by atoms with Crippen molar-refractivity contribution in [2.45, 2.75) is 32.9 Å². The number of carbonyl (C=O) groups is 3. The van der Waals surface area contributed by atoms with Crippen LogP contribution in [0.15, 0.2) is 48.8 Å². The predicted molar refractivity (Wildman–Crippen MR) is 120 cm³/mol. The van der Waals surface area contributed by atoms with Crippen LogP contribution in [0.4, 0.5) is 5.69 Å². The number of nitrogens with zero attached hydrogens (tertiary/aromatic N) is 4. The van der Waals surface area contributed by atoms with Crippen LogP contribution in [0.5, 0.6) is 0 Å². The molecule has 10 heteroatoms. The Morgan fingerprint density at radius 2 is 1.85 bits per heavy atom. The van der Waals surface area contributed by atoms with Crippen molar-refractivity contribution in [3.8, 4) is 0 Å². The molecule has 1 unspecified atom stereocenters. The van der Waals surface area contributed by atoms with Crippen LogP contribution in [-0.4, -0.2) is 44.0 Å².